The molecule has 2 rings (SSSR count). The molecule has 1 N–H and O–H groups in total. The van der Waals surface area contributed by atoms with Crippen LogP contribution in [0.3, 0.4) is 0 Å². The van der Waals surface area contributed by atoms with Gasteiger partial charge in [-0.15, -0.1) is 0 Å². The molecule has 0 spiro atoms. The SMILES string of the molecule is CCc1ccccc1NC(=O)CN(c1c(C)cccc1C)S(C)(=O)=O. The van der Waals surface area contributed by atoms with Crippen molar-refractivity contribution in [1.82, 2.24) is 0 Å². The van der Waals surface area contributed by atoms with Crippen molar-refractivity contribution in [1.29, 1.82) is 0 Å². The molecule has 0 aliphatic heterocycles. The first-order chi connectivity index (χ1) is 11.7. The molecule has 1 amide bonds. The molecule has 0 heterocycles. The molecule has 0 aliphatic carbocycles. The summed E-state index contributed by atoms with van der Waals surface area (Å²) < 4.78 is 25.8. The Kier molecular flexibility index (Phi) is 5.85. The summed E-state index contributed by atoms with van der Waals surface area (Å²) in [5.41, 5.74) is 3.90. The number of aryl methyl sites for hydroxylation is 3. The van der Waals surface area contributed by atoms with E-state index in [-0.39, 0.29) is 12.5 Å². The highest BCUT2D eigenvalue weighted by Gasteiger charge is 2.24. The van der Waals surface area contributed by atoms with Crippen LogP contribution >= 0.6 is 0 Å². The minimum Gasteiger partial charge on any atom is -0.324 e. The van der Waals surface area contributed by atoms with Gasteiger partial charge >= 0.3 is 0 Å². The lowest BCUT2D eigenvalue weighted by molar-refractivity contribution is -0.114. The first-order valence-electron chi connectivity index (χ1n) is 8.15. The second-order valence-electron chi connectivity index (χ2n) is 6.07. The first kappa shape index (κ1) is 19.0. The Morgan fingerprint density at radius 2 is 1.64 bits per heavy atom. The summed E-state index contributed by atoms with van der Waals surface area (Å²) in [5.74, 6) is -0.367. The highest BCUT2D eigenvalue weighted by Crippen LogP contribution is 2.26. The number of rotatable bonds is 6. The van der Waals surface area contributed by atoms with Gasteiger partial charge in [-0.05, 0) is 43.0 Å². The van der Waals surface area contributed by atoms with Crippen LogP contribution in [0.2, 0.25) is 0 Å². The highest BCUT2D eigenvalue weighted by molar-refractivity contribution is 7.92. The van der Waals surface area contributed by atoms with Crippen LogP contribution in [-0.4, -0.2) is 27.1 Å². The van der Waals surface area contributed by atoms with E-state index in [1.54, 1.807) is 0 Å². The summed E-state index contributed by atoms with van der Waals surface area (Å²) in [6.07, 6.45) is 1.90. The van der Waals surface area contributed by atoms with Crippen molar-refractivity contribution in [3.8, 4) is 0 Å². The maximum atomic E-state index is 12.5. The molecule has 0 aromatic heterocycles. The fourth-order valence-corrected chi connectivity index (χ4v) is 3.80. The van der Waals surface area contributed by atoms with Gasteiger partial charge in [0.05, 0.1) is 11.9 Å². The van der Waals surface area contributed by atoms with Gasteiger partial charge in [-0.3, -0.25) is 9.10 Å². The fourth-order valence-electron chi connectivity index (χ4n) is 2.83. The van der Waals surface area contributed by atoms with E-state index in [1.807, 2.05) is 63.2 Å². The summed E-state index contributed by atoms with van der Waals surface area (Å²) >= 11 is 0. The third-order valence-corrected chi connectivity index (χ3v) is 5.16. The van der Waals surface area contributed by atoms with Crippen LogP contribution in [0.15, 0.2) is 42.5 Å². The summed E-state index contributed by atoms with van der Waals surface area (Å²) in [5, 5.41) is 2.83. The number of nitrogens with zero attached hydrogens (tertiary/aromatic N) is 1. The molecule has 0 radical (unpaired) electrons. The fraction of sp³-hybridized carbons (Fsp3) is 0.316. The van der Waals surface area contributed by atoms with E-state index in [2.05, 4.69) is 5.32 Å². The Bertz CT molecular complexity index is 856. The Labute approximate surface area is 149 Å². The molecule has 6 heteroatoms. The lowest BCUT2D eigenvalue weighted by atomic mass is 10.1. The largest absolute Gasteiger partial charge is 0.324 e. The van der Waals surface area contributed by atoms with E-state index >= 15 is 0 Å². The molecule has 0 aliphatic rings. The minimum atomic E-state index is -3.59. The molecule has 2 aromatic carbocycles. The number of carbonyl (C=O) groups is 1. The van der Waals surface area contributed by atoms with Gasteiger partial charge in [-0.1, -0.05) is 43.3 Å². The highest BCUT2D eigenvalue weighted by atomic mass is 32.2. The maximum absolute atomic E-state index is 12.5. The monoisotopic (exact) mass is 360 g/mol. The van der Waals surface area contributed by atoms with Crippen LogP contribution in [0, 0.1) is 13.8 Å². The van der Waals surface area contributed by atoms with Crippen molar-refractivity contribution in [2.45, 2.75) is 27.2 Å². The number of hydrogen-bond acceptors (Lipinski definition) is 3. The predicted molar refractivity (Wildman–Crippen MR) is 103 cm³/mol. The standard InChI is InChI=1S/C19H24N2O3S/c1-5-16-11-6-7-12-17(16)20-18(22)13-21(25(4,23)24)19-14(2)9-8-10-15(19)3/h6-12H,5,13H2,1-4H3,(H,20,22). The normalized spacial score (nSPS) is 11.2. The zero-order valence-electron chi connectivity index (χ0n) is 15.0. The number of amides is 1. The molecular formula is C19H24N2O3S. The lowest BCUT2D eigenvalue weighted by Crippen LogP contribution is -2.38. The van der Waals surface area contributed by atoms with E-state index in [0.29, 0.717) is 11.4 Å². The van der Waals surface area contributed by atoms with E-state index in [9.17, 15) is 13.2 Å². The average Bonchev–Trinajstić information content (AvgIpc) is 2.53. The molecule has 25 heavy (non-hydrogen) atoms. The summed E-state index contributed by atoms with van der Waals surface area (Å²) in [4.78, 5) is 12.5. The van der Waals surface area contributed by atoms with Gasteiger partial charge < -0.3 is 5.32 Å². The van der Waals surface area contributed by atoms with Crippen molar-refractivity contribution in [2.75, 3.05) is 22.4 Å². The maximum Gasteiger partial charge on any atom is 0.245 e. The summed E-state index contributed by atoms with van der Waals surface area (Å²) in [6.45, 7) is 5.42. The van der Waals surface area contributed by atoms with Crippen molar-refractivity contribution < 1.29 is 13.2 Å². The third-order valence-electron chi connectivity index (χ3n) is 4.05. The van der Waals surface area contributed by atoms with E-state index in [4.69, 9.17) is 0 Å². The van der Waals surface area contributed by atoms with Crippen LogP contribution in [0.4, 0.5) is 11.4 Å². The van der Waals surface area contributed by atoms with Crippen molar-refractivity contribution >= 4 is 27.3 Å². The zero-order chi connectivity index (χ0) is 18.6. The molecule has 0 atom stereocenters. The minimum absolute atomic E-state index is 0.261. The number of nitrogens with one attached hydrogen (secondary N) is 1. The first-order valence-corrected chi connectivity index (χ1v) is 10.0. The topological polar surface area (TPSA) is 66.5 Å². The quantitative estimate of drug-likeness (QED) is 0.860. The average molecular weight is 360 g/mol. The van der Waals surface area contributed by atoms with Gasteiger partial charge in [0.1, 0.15) is 6.54 Å². The molecule has 0 unspecified atom stereocenters. The van der Waals surface area contributed by atoms with E-state index in [1.165, 1.54) is 4.31 Å². The van der Waals surface area contributed by atoms with Crippen LogP contribution < -0.4 is 9.62 Å². The van der Waals surface area contributed by atoms with Gasteiger partial charge in [0.2, 0.25) is 15.9 Å². The number of para-hydroxylation sites is 2. The van der Waals surface area contributed by atoms with Crippen LogP contribution in [0.5, 0.6) is 0 Å². The van der Waals surface area contributed by atoms with Crippen molar-refractivity contribution in [3.05, 3.63) is 59.2 Å². The van der Waals surface area contributed by atoms with Gasteiger partial charge in [0, 0.05) is 5.69 Å². The third kappa shape index (κ3) is 4.60. The molecule has 0 bridgehead atoms. The van der Waals surface area contributed by atoms with E-state index < -0.39 is 10.0 Å². The molecule has 134 valence electrons. The molecule has 0 saturated carbocycles. The Hall–Kier alpha value is -2.34. The summed E-state index contributed by atoms with van der Waals surface area (Å²) in [6, 6.07) is 13.1. The number of sulfonamides is 1. The van der Waals surface area contributed by atoms with E-state index in [0.717, 1.165) is 29.4 Å². The summed E-state index contributed by atoms with van der Waals surface area (Å²) in [7, 11) is -3.59. The van der Waals surface area contributed by atoms with Gasteiger partial charge in [0.25, 0.3) is 0 Å². The number of anilines is 2. The van der Waals surface area contributed by atoms with Gasteiger partial charge in [-0.2, -0.15) is 0 Å². The van der Waals surface area contributed by atoms with Crippen LogP contribution in [0.25, 0.3) is 0 Å². The van der Waals surface area contributed by atoms with Crippen LogP contribution in [-0.2, 0) is 21.2 Å². The molecule has 0 saturated heterocycles. The van der Waals surface area contributed by atoms with Crippen molar-refractivity contribution in [2.24, 2.45) is 0 Å². The number of benzene rings is 2. The Morgan fingerprint density at radius 1 is 1.04 bits per heavy atom. The molecule has 5 nitrogen and oxygen atoms in total. The van der Waals surface area contributed by atoms with Crippen molar-refractivity contribution in [3.63, 3.8) is 0 Å². The molecule has 2 aromatic rings. The smallest absolute Gasteiger partial charge is 0.245 e. The number of carbonyl (C=O) groups excluding carboxylic acids is 1. The Balaban J connectivity index is 2.31. The Morgan fingerprint density at radius 3 is 2.20 bits per heavy atom. The van der Waals surface area contributed by atoms with Crippen LogP contribution in [0.1, 0.15) is 23.6 Å². The van der Waals surface area contributed by atoms with Gasteiger partial charge in [-0.25, -0.2) is 8.42 Å². The molecular weight excluding hydrogens is 336 g/mol. The molecule has 0 fully saturated rings. The second-order valence-corrected chi connectivity index (χ2v) is 7.98. The predicted octanol–water partition coefficient (Wildman–Crippen LogP) is 3.27. The second kappa shape index (κ2) is 7.70. The zero-order valence-corrected chi connectivity index (χ0v) is 15.9. The number of hydrogen-bond donors (Lipinski definition) is 1. The van der Waals surface area contributed by atoms with Gasteiger partial charge in [0.15, 0.2) is 0 Å². The lowest BCUT2D eigenvalue weighted by Gasteiger charge is -2.25.